The van der Waals surface area contributed by atoms with E-state index in [2.05, 4.69) is 20.9 Å². The van der Waals surface area contributed by atoms with Crippen LogP contribution in [0.1, 0.15) is 20.8 Å². The maximum atomic E-state index is 12.3. The molecule has 2 rings (SSSR count). The first-order valence-electron chi connectivity index (χ1n) is 5.11. The van der Waals surface area contributed by atoms with E-state index in [1.165, 1.54) is 0 Å². The minimum Gasteiger partial charge on any atom is -0.293 e. The summed E-state index contributed by atoms with van der Waals surface area (Å²) >= 11 is 3.32. The molecule has 0 fully saturated rings. The Hall–Kier alpha value is -0.880. The van der Waals surface area contributed by atoms with Crippen molar-refractivity contribution in [1.82, 2.24) is 9.38 Å². The zero-order chi connectivity index (χ0) is 12.8. The van der Waals surface area contributed by atoms with Crippen molar-refractivity contribution in [3.63, 3.8) is 0 Å². The lowest BCUT2D eigenvalue weighted by molar-refractivity contribution is 0.559. The average Bonchev–Trinajstić information content (AvgIpc) is 2.58. The fourth-order valence-electron chi connectivity index (χ4n) is 1.44. The third-order valence-electron chi connectivity index (χ3n) is 2.55. The molecule has 0 bridgehead atoms. The fourth-order valence-corrected chi connectivity index (χ4v) is 3.03. The minimum atomic E-state index is -3.33. The van der Waals surface area contributed by atoms with E-state index in [9.17, 15) is 8.42 Å². The zero-order valence-corrected chi connectivity index (χ0v) is 12.2. The Morgan fingerprint density at radius 1 is 1.29 bits per heavy atom. The molecule has 0 N–H and O–H groups in total. The van der Waals surface area contributed by atoms with Crippen molar-refractivity contribution in [2.24, 2.45) is 0 Å². The van der Waals surface area contributed by atoms with Gasteiger partial charge in [-0.1, -0.05) is 0 Å². The van der Waals surface area contributed by atoms with Gasteiger partial charge in [-0.15, -0.1) is 0 Å². The number of rotatable bonds is 1. The lowest BCUT2D eigenvalue weighted by Gasteiger charge is -2.19. The molecule has 0 atom stereocenters. The van der Waals surface area contributed by atoms with E-state index in [0.29, 0.717) is 10.5 Å². The largest absolute Gasteiger partial charge is 0.293 e. The molecule has 17 heavy (non-hydrogen) atoms. The molecule has 0 unspecified atom stereocenters. The summed E-state index contributed by atoms with van der Waals surface area (Å²) in [6.45, 7) is 5.07. The van der Waals surface area contributed by atoms with Crippen molar-refractivity contribution >= 4 is 31.4 Å². The first kappa shape index (κ1) is 12.6. The molecule has 0 aliphatic rings. The summed E-state index contributed by atoms with van der Waals surface area (Å²) in [6, 6.07) is 3.29. The Balaban J connectivity index is 2.69. The molecule has 0 saturated carbocycles. The number of sulfone groups is 1. The molecule has 0 radical (unpaired) electrons. The summed E-state index contributed by atoms with van der Waals surface area (Å²) in [4.78, 5) is 4.43. The monoisotopic (exact) mass is 316 g/mol. The number of imidazole rings is 1. The highest BCUT2D eigenvalue weighted by atomic mass is 79.9. The molecule has 0 amide bonds. The number of aromatic nitrogens is 2. The van der Waals surface area contributed by atoms with Gasteiger partial charge in [0.15, 0.2) is 9.84 Å². The maximum Gasteiger partial charge on any atom is 0.184 e. The molecule has 6 heteroatoms. The van der Waals surface area contributed by atoms with Gasteiger partial charge in [0, 0.05) is 6.20 Å². The van der Waals surface area contributed by atoms with Crippen molar-refractivity contribution in [2.45, 2.75) is 30.4 Å². The molecular formula is C11H13BrN2O2S. The highest BCUT2D eigenvalue weighted by molar-refractivity contribution is 9.10. The number of nitrogens with zero attached hydrogens (tertiary/aromatic N) is 2. The van der Waals surface area contributed by atoms with Crippen LogP contribution in [0.4, 0.5) is 0 Å². The van der Waals surface area contributed by atoms with E-state index in [1.807, 2.05) is 0 Å². The van der Waals surface area contributed by atoms with Crippen LogP contribution in [-0.4, -0.2) is 22.5 Å². The summed E-state index contributed by atoms with van der Waals surface area (Å²) in [5.41, 5.74) is 0.713. The lowest BCUT2D eigenvalue weighted by atomic mass is 10.3. The molecule has 2 aromatic heterocycles. The van der Waals surface area contributed by atoms with Gasteiger partial charge in [0.25, 0.3) is 0 Å². The summed E-state index contributed by atoms with van der Waals surface area (Å²) in [5, 5.41) is 0. The van der Waals surface area contributed by atoms with Crippen LogP contribution in [0.5, 0.6) is 0 Å². The van der Waals surface area contributed by atoms with Crippen LogP contribution < -0.4 is 0 Å². The van der Waals surface area contributed by atoms with Crippen molar-refractivity contribution in [1.29, 1.82) is 0 Å². The molecular weight excluding hydrogens is 304 g/mol. The van der Waals surface area contributed by atoms with Crippen LogP contribution in [0, 0.1) is 0 Å². The first-order valence-corrected chi connectivity index (χ1v) is 7.38. The van der Waals surface area contributed by atoms with Gasteiger partial charge in [0.1, 0.15) is 10.3 Å². The first-order chi connectivity index (χ1) is 7.73. The Morgan fingerprint density at radius 2 is 1.94 bits per heavy atom. The van der Waals surface area contributed by atoms with Crippen LogP contribution in [0.25, 0.3) is 5.65 Å². The second-order valence-corrected chi connectivity index (χ2v) is 8.31. The minimum absolute atomic E-state index is 0.302. The predicted molar refractivity (Wildman–Crippen MR) is 69.8 cm³/mol. The smallest absolute Gasteiger partial charge is 0.184 e. The molecule has 0 spiro atoms. The maximum absolute atomic E-state index is 12.3. The van der Waals surface area contributed by atoms with Crippen molar-refractivity contribution in [3.8, 4) is 0 Å². The number of hydrogen-bond acceptors (Lipinski definition) is 3. The standard InChI is InChI=1S/C11H13BrN2O2S/c1-11(2,3)17(15,16)8-4-5-10-13-6-9(12)14(10)7-8/h4-7H,1-3H3. The number of hydrogen-bond donors (Lipinski definition) is 0. The molecule has 0 aliphatic heterocycles. The molecule has 0 saturated heterocycles. The van der Waals surface area contributed by atoms with E-state index >= 15 is 0 Å². The third-order valence-corrected chi connectivity index (χ3v) is 5.61. The van der Waals surface area contributed by atoms with Gasteiger partial charge in [0.2, 0.25) is 0 Å². The van der Waals surface area contributed by atoms with Crippen molar-refractivity contribution in [3.05, 3.63) is 29.1 Å². The van der Waals surface area contributed by atoms with Crippen LogP contribution in [0.3, 0.4) is 0 Å². The van der Waals surface area contributed by atoms with Crippen molar-refractivity contribution in [2.75, 3.05) is 0 Å². The van der Waals surface area contributed by atoms with E-state index in [-0.39, 0.29) is 0 Å². The van der Waals surface area contributed by atoms with Crippen LogP contribution in [-0.2, 0) is 9.84 Å². The predicted octanol–water partition coefficient (Wildman–Crippen LogP) is 2.67. The van der Waals surface area contributed by atoms with Crippen LogP contribution in [0.2, 0.25) is 0 Å². The normalized spacial score (nSPS) is 13.2. The van der Waals surface area contributed by atoms with Gasteiger partial charge in [-0.25, -0.2) is 13.4 Å². The average molecular weight is 317 g/mol. The fraction of sp³-hybridized carbons (Fsp3) is 0.364. The number of halogens is 1. The van der Waals surface area contributed by atoms with Crippen LogP contribution >= 0.6 is 15.9 Å². The van der Waals surface area contributed by atoms with Crippen LogP contribution in [0.15, 0.2) is 34.0 Å². The third kappa shape index (κ3) is 1.99. The Labute approximate surface area is 109 Å². The topological polar surface area (TPSA) is 51.4 Å². The van der Waals surface area contributed by atoms with Gasteiger partial charge in [-0.05, 0) is 48.8 Å². The van der Waals surface area contributed by atoms with Gasteiger partial charge in [0.05, 0.1) is 15.8 Å². The molecule has 2 heterocycles. The van der Waals surface area contributed by atoms with Gasteiger partial charge < -0.3 is 0 Å². The Morgan fingerprint density at radius 3 is 2.53 bits per heavy atom. The lowest BCUT2D eigenvalue weighted by Crippen LogP contribution is -2.28. The van der Waals surface area contributed by atoms with Gasteiger partial charge >= 0.3 is 0 Å². The van der Waals surface area contributed by atoms with Gasteiger partial charge in [-0.3, -0.25) is 4.40 Å². The summed E-state index contributed by atoms with van der Waals surface area (Å²) < 4.78 is 26.2. The van der Waals surface area contributed by atoms with E-state index in [1.54, 1.807) is 49.7 Å². The van der Waals surface area contributed by atoms with Gasteiger partial charge in [-0.2, -0.15) is 0 Å². The van der Waals surface area contributed by atoms with E-state index in [4.69, 9.17) is 0 Å². The highest BCUT2D eigenvalue weighted by Gasteiger charge is 2.31. The molecule has 2 aromatic rings. The molecule has 0 aromatic carbocycles. The van der Waals surface area contributed by atoms with E-state index in [0.717, 1.165) is 4.60 Å². The Bertz CT molecular complexity index is 668. The van der Waals surface area contributed by atoms with E-state index < -0.39 is 14.6 Å². The Kier molecular flexibility index (Phi) is 2.82. The second kappa shape index (κ2) is 3.81. The molecule has 4 nitrogen and oxygen atoms in total. The summed E-state index contributed by atoms with van der Waals surface area (Å²) in [5.74, 6) is 0. The number of pyridine rings is 1. The summed E-state index contributed by atoms with van der Waals surface area (Å²) in [6.07, 6.45) is 3.23. The highest BCUT2D eigenvalue weighted by Crippen LogP contribution is 2.25. The quantitative estimate of drug-likeness (QED) is 0.812. The number of fused-ring (bicyclic) bond motifs is 1. The zero-order valence-electron chi connectivity index (χ0n) is 9.81. The molecule has 0 aliphatic carbocycles. The SMILES string of the molecule is CC(C)(C)S(=O)(=O)c1ccc2ncc(Br)n2c1. The molecule has 92 valence electrons. The van der Waals surface area contributed by atoms with Crippen molar-refractivity contribution < 1.29 is 8.42 Å². The summed E-state index contributed by atoms with van der Waals surface area (Å²) in [7, 11) is -3.33. The second-order valence-electron chi connectivity index (χ2n) is 4.79.